The summed E-state index contributed by atoms with van der Waals surface area (Å²) < 4.78 is 6.87. The fraction of sp³-hybridized carbons (Fsp3) is 0.630. The Hall–Kier alpha value is -1.70. The number of rotatable bonds is 8. The molecule has 5 nitrogen and oxygen atoms in total. The lowest BCUT2D eigenvalue weighted by Crippen LogP contribution is -2.50. The van der Waals surface area contributed by atoms with Gasteiger partial charge in [-0.1, -0.05) is 53.7 Å². The van der Waals surface area contributed by atoms with Crippen molar-refractivity contribution in [3.8, 4) is 5.75 Å². The van der Waals surface area contributed by atoms with Gasteiger partial charge in [-0.15, -0.1) is 11.3 Å². The van der Waals surface area contributed by atoms with Crippen molar-refractivity contribution in [2.75, 3.05) is 13.1 Å². The molecule has 0 spiro atoms. The molecule has 188 valence electrons. The summed E-state index contributed by atoms with van der Waals surface area (Å²) in [7, 11) is -2.02. The number of aliphatic hydroxyl groups is 1. The van der Waals surface area contributed by atoms with Crippen molar-refractivity contribution in [1.82, 2.24) is 9.88 Å². The van der Waals surface area contributed by atoms with Gasteiger partial charge in [-0.3, -0.25) is 4.79 Å². The number of hydrogen-bond donors (Lipinski definition) is 1. The molecular weight excluding hydrogens is 460 g/mol. The van der Waals surface area contributed by atoms with Gasteiger partial charge in [-0.2, -0.15) is 0 Å². The van der Waals surface area contributed by atoms with E-state index in [1.807, 2.05) is 17.9 Å². The first kappa shape index (κ1) is 26.9. The molecule has 7 heteroatoms. The van der Waals surface area contributed by atoms with Crippen LogP contribution in [-0.2, 0) is 16.8 Å². The summed E-state index contributed by atoms with van der Waals surface area (Å²) in [6.45, 7) is 19.0. The molecule has 2 heterocycles. The van der Waals surface area contributed by atoms with Crippen LogP contribution in [0.4, 0.5) is 0 Å². The third-order valence-corrected chi connectivity index (χ3v) is 14.6. The molecule has 0 radical (unpaired) electrons. The second kappa shape index (κ2) is 10.5. The zero-order valence-electron chi connectivity index (χ0n) is 22.1. The lowest BCUT2D eigenvalue weighted by molar-refractivity contribution is -0.135. The summed E-state index contributed by atoms with van der Waals surface area (Å²) >= 11 is 1.54. The molecule has 3 rings (SSSR count). The van der Waals surface area contributed by atoms with Crippen LogP contribution in [0.2, 0.25) is 16.6 Å². The second-order valence-electron chi connectivity index (χ2n) is 10.9. The van der Waals surface area contributed by atoms with Crippen LogP contribution in [0.5, 0.6) is 5.75 Å². The van der Waals surface area contributed by atoms with Gasteiger partial charge >= 0.3 is 0 Å². The topological polar surface area (TPSA) is 62.7 Å². The first-order chi connectivity index (χ1) is 15.9. The molecule has 1 N–H and O–H groups in total. The van der Waals surface area contributed by atoms with Gasteiger partial charge in [0.15, 0.2) is 0 Å². The molecule has 1 aliphatic rings. The fourth-order valence-electron chi connectivity index (χ4n) is 5.68. The van der Waals surface area contributed by atoms with Crippen LogP contribution in [0, 0.1) is 13.8 Å². The predicted molar refractivity (Wildman–Crippen MR) is 143 cm³/mol. The third kappa shape index (κ3) is 5.42. The summed E-state index contributed by atoms with van der Waals surface area (Å²) in [4.78, 5) is 20.4. The summed E-state index contributed by atoms with van der Waals surface area (Å²) in [5, 5.41) is 11.8. The number of aryl methyl sites for hydroxylation is 2. The number of aromatic nitrogens is 1. The minimum absolute atomic E-state index is 0.112. The highest BCUT2D eigenvalue weighted by Gasteiger charge is 2.47. The van der Waals surface area contributed by atoms with Gasteiger partial charge in [0.05, 0.1) is 6.42 Å². The minimum atomic E-state index is -2.02. The second-order valence-corrected chi connectivity index (χ2v) is 17.5. The molecule has 0 aliphatic carbocycles. The Kier molecular flexibility index (Phi) is 8.31. The highest BCUT2D eigenvalue weighted by molar-refractivity contribution is 7.11. The number of nitrogens with zero attached hydrogens (tertiary/aromatic N) is 2. The van der Waals surface area contributed by atoms with Crippen LogP contribution in [-0.4, -0.2) is 42.3 Å². The average Bonchev–Trinajstić information content (AvgIpc) is 3.20. The number of benzene rings is 1. The Balaban J connectivity index is 1.66. The van der Waals surface area contributed by atoms with E-state index in [0.29, 0.717) is 49.0 Å². The Labute approximate surface area is 210 Å². The highest BCUT2D eigenvalue weighted by Crippen LogP contribution is 2.43. The van der Waals surface area contributed by atoms with E-state index in [2.05, 4.69) is 65.6 Å². The van der Waals surface area contributed by atoms with Crippen molar-refractivity contribution in [2.45, 2.75) is 96.9 Å². The lowest BCUT2D eigenvalue weighted by Gasteiger charge is -2.42. The highest BCUT2D eigenvalue weighted by atomic mass is 32.1. The van der Waals surface area contributed by atoms with Crippen molar-refractivity contribution in [2.24, 2.45) is 0 Å². The summed E-state index contributed by atoms with van der Waals surface area (Å²) in [6.07, 6.45) is 3.24. The molecule has 1 aromatic carbocycles. The van der Waals surface area contributed by atoms with E-state index in [4.69, 9.17) is 4.43 Å². The van der Waals surface area contributed by atoms with Crippen molar-refractivity contribution < 1.29 is 14.3 Å². The maximum atomic E-state index is 13.0. The molecule has 0 saturated carbocycles. The van der Waals surface area contributed by atoms with E-state index in [1.54, 1.807) is 17.5 Å². The number of likely N-dealkylation sites (tertiary alicyclic amines) is 1. The summed E-state index contributed by atoms with van der Waals surface area (Å²) in [5.74, 6) is 1.07. The Morgan fingerprint density at radius 3 is 2.18 bits per heavy atom. The average molecular weight is 503 g/mol. The number of hydrogen-bond acceptors (Lipinski definition) is 5. The molecule has 1 fully saturated rings. The summed E-state index contributed by atoms with van der Waals surface area (Å²) in [5.41, 5.74) is 2.73. The number of carbonyl (C=O) groups excluding carboxylic acids is 1. The van der Waals surface area contributed by atoms with E-state index >= 15 is 0 Å². The first-order valence-electron chi connectivity index (χ1n) is 12.6. The molecule has 1 aromatic heterocycles. The fourth-order valence-corrected chi connectivity index (χ4v) is 11.9. The van der Waals surface area contributed by atoms with Crippen molar-refractivity contribution >= 4 is 25.6 Å². The van der Waals surface area contributed by atoms with Gasteiger partial charge in [0, 0.05) is 37.0 Å². The van der Waals surface area contributed by atoms with Crippen LogP contribution in [0.1, 0.15) is 75.4 Å². The maximum absolute atomic E-state index is 13.0. The molecular formula is C27H42N2O3SSi. The van der Waals surface area contributed by atoms with E-state index < -0.39 is 13.9 Å². The van der Waals surface area contributed by atoms with Crippen molar-refractivity contribution in [1.29, 1.82) is 0 Å². The van der Waals surface area contributed by atoms with Gasteiger partial charge in [-0.05, 0) is 47.7 Å². The molecule has 0 bridgehead atoms. The maximum Gasteiger partial charge on any atom is 0.258 e. The van der Waals surface area contributed by atoms with Crippen LogP contribution < -0.4 is 4.43 Å². The van der Waals surface area contributed by atoms with E-state index in [1.165, 1.54) is 0 Å². The largest absolute Gasteiger partial charge is 0.543 e. The van der Waals surface area contributed by atoms with E-state index in [-0.39, 0.29) is 5.91 Å². The van der Waals surface area contributed by atoms with E-state index in [9.17, 15) is 9.90 Å². The molecule has 0 atom stereocenters. The van der Waals surface area contributed by atoms with Crippen LogP contribution in [0.3, 0.4) is 0 Å². The normalized spacial score (nSPS) is 16.5. The first-order valence-corrected chi connectivity index (χ1v) is 15.6. The molecule has 34 heavy (non-hydrogen) atoms. The van der Waals surface area contributed by atoms with Gasteiger partial charge in [0.2, 0.25) is 5.91 Å². The van der Waals surface area contributed by atoms with Crippen molar-refractivity contribution in [3.63, 3.8) is 0 Å². The standard InChI is InChI=1S/C27H42N2O3SSi/c1-18(2)34(19(3)4,20(5)6)32-24-10-9-23(15-21(24)7)16-25(30)29-13-11-27(31,12-14-29)26-28-17-22(8)33-26/h9-10,15,17-20,31H,11-14,16H2,1-8H3. The van der Waals surface area contributed by atoms with Crippen LogP contribution in [0.15, 0.2) is 24.4 Å². The Morgan fingerprint density at radius 2 is 1.71 bits per heavy atom. The number of piperidine rings is 1. The monoisotopic (exact) mass is 502 g/mol. The van der Waals surface area contributed by atoms with Gasteiger partial charge in [-0.25, -0.2) is 4.98 Å². The number of thiazole rings is 1. The Morgan fingerprint density at radius 1 is 1.12 bits per heavy atom. The number of amides is 1. The van der Waals surface area contributed by atoms with Crippen LogP contribution >= 0.6 is 11.3 Å². The zero-order chi connectivity index (χ0) is 25.3. The molecule has 2 aromatic rings. The zero-order valence-corrected chi connectivity index (χ0v) is 24.0. The summed E-state index contributed by atoms with van der Waals surface area (Å²) in [6, 6.07) is 6.21. The minimum Gasteiger partial charge on any atom is -0.543 e. The Bertz CT molecular complexity index is 972. The predicted octanol–water partition coefficient (Wildman–Crippen LogP) is 6.37. The number of carbonyl (C=O) groups is 1. The van der Waals surface area contributed by atoms with Crippen LogP contribution in [0.25, 0.3) is 0 Å². The molecule has 1 amide bonds. The quantitative estimate of drug-likeness (QED) is 0.426. The lowest BCUT2D eigenvalue weighted by atomic mass is 9.92. The van der Waals surface area contributed by atoms with E-state index in [0.717, 1.165) is 26.8 Å². The van der Waals surface area contributed by atoms with Gasteiger partial charge in [0.25, 0.3) is 8.32 Å². The van der Waals surface area contributed by atoms with Gasteiger partial charge < -0.3 is 14.4 Å². The SMILES string of the molecule is Cc1cnc(C2(O)CCN(C(=O)Cc3ccc(O[Si](C(C)C)(C(C)C)C(C)C)c(C)c3)CC2)s1. The third-order valence-electron chi connectivity index (χ3n) is 7.55. The van der Waals surface area contributed by atoms with Crippen molar-refractivity contribution in [3.05, 3.63) is 45.4 Å². The molecule has 0 unspecified atom stereocenters. The molecule has 1 aliphatic heterocycles. The smallest absolute Gasteiger partial charge is 0.258 e. The van der Waals surface area contributed by atoms with Gasteiger partial charge in [0.1, 0.15) is 16.4 Å². The molecule has 1 saturated heterocycles.